The Bertz CT molecular complexity index is 233. The second kappa shape index (κ2) is 4.61. The molecule has 0 saturated heterocycles. The molecule has 2 nitrogen and oxygen atoms in total. The highest BCUT2D eigenvalue weighted by atomic mass is 32.1. The highest BCUT2D eigenvalue weighted by Crippen LogP contribution is 2.16. The Morgan fingerprint density at radius 1 is 1.46 bits per heavy atom. The molecule has 0 radical (unpaired) electrons. The summed E-state index contributed by atoms with van der Waals surface area (Å²) in [6.45, 7) is 9.45. The molecule has 0 aromatic heterocycles. The number of rotatable bonds is 1. The Labute approximate surface area is 86.0 Å². The molecule has 1 aliphatic rings. The van der Waals surface area contributed by atoms with Crippen molar-refractivity contribution >= 4 is 17.3 Å². The van der Waals surface area contributed by atoms with Crippen LogP contribution in [0, 0.1) is 0 Å². The van der Waals surface area contributed by atoms with Crippen molar-refractivity contribution in [2.45, 2.75) is 27.2 Å². The van der Waals surface area contributed by atoms with Gasteiger partial charge in [-0.25, -0.2) is 0 Å². The predicted octanol–water partition coefficient (Wildman–Crippen LogP) is 1.92. The predicted molar refractivity (Wildman–Crippen MR) is 60.8 cm³/mol. The molecular weight excluding hydrogens is 180 g/mol. The lowest BCUT2D eigenvalue weighted by molar-refractivity contribution is 0.424. The zero-order valence-corrected chi connectivity index (χ0v) is 9.50. The number of thiocarbonyl (C=S) groups is 1. The Kier molecular flexibility index (Phi) is 3.72. The Morgan fingerprint density at radius 3 is 2.69 bits per heavy atom. The summed E-state index contributed by atoms with van der Waals surface area (Å²) in [5.74, 6) is 0. The molecule has 0 aromatic rings. The third kappa shape index (κ3) is 2.69. The highest BCUT2D eigenvalue weighted by Gasteiger charge is 2.15. The molecule has 0 spiro atoms. The quantitative estimate of drug-likeness (QED) is 0.512. The van der Waals surface area contributed by atoms with Gasteiger partial charge in [0, 0.05) is 19.6 Å². The number of hydrogen-bond donors (Lipinski definition) is 1. The fourth-order valence-corrected chi connectivity index (χ4v) is 1.75. The maximum absolute atomic E-state index is 5.26. The summed E-state index contributed by atoms with van der Waals surface area (Å²) in [7, 11) is 0. The molecule has 0 atom stereocenters. The van der Waals surface area contributed by atoms with E-state index in [4.69, 9.17) is 12.2 Å². The molecule has 0 aromatic carbocycles. The normalized spacial score (nSPS) is 17.6. The molecule has 13 heavy (non-hydrogen) atoms. The van der Waals surface area contributed by atoms with Gasteiger partial charge in [0.05, 0.1) is 0 Å². The van der Waals surface area contributed by atoms with E-state index in [9.17, 15) is 0 Å². The summed E-state index contributed by atoms with van der Waals surface area (Å²) in [4.78, 5) is 2.24. The first kappa shape index (κ1) is 10.5. The van der Waals surface area contributed by atoms with Crippen molar-refractivity contribution in [2.24, 2.45) is 0 Å². The molecule has 0 unspecified atom stereocenters. The van der Waals surface area contributed by atoms with Crippen LogP contribution in [0.25, 0.3) is 0 Å². The van der Waals surface area contributed by atoms with Gasteiger partial charge in [0.1, 0.15) is 0 Å². The van der Waals surface area contributed by atoms with E-state index in [-0.39, 0.29) is 0 Å². The van der Waals surface area contributed by atoms with Crippen LogP contribution in [0.4, 0.5) is 0 Å². The molecule has 1 N–H and O–H groups in total. The van der Waals surface area contributed by atoms with E-state index in [0.29, 0.717) is 0 Å². The van der Waals surface area contributed by atoms with Crippen LogP contribution in [0.3, 0.4) is 0 Å². The lowest BCUT2D eigenvalue weighted by atomic mass is 10.0. The average Bonchev–Trinajstić information content (AvgIpc) is 2.10. The Hall–Kier alpha value is -0.570. The summed E-state index contributed by atoms with van der Waals surface area (Å²) < 4.78 is 0. The monoisotopic (exact) mass is 198 g/mol. The van der Waals surface area contributed by atoms with Crippen molar-refractivity contribution in [3.63, 3.8) is 0 Å². The minimum absolute atomic E-state index is 0.898. The van der Waals surface area contributed by atoms with Crippen LogP contribution in [0.15, 0.2) is 11.1 Å². The SMILES string of the molecule is CCNC(=S)N1CCC(C)=C(C)C1. The molecule has 1 aliphatic heterocycles. The molecule has 0 amide bonds. The van der Waals surface area contributed by atoms with Crippen molar-refractivity contribution in [1.82, 2.24) is 10.2 Å². The molecule has 3 heteroatoms. The van der Waals surface area contributed by atoms with E-state index >= 15 is 0 Å². The smallest absolute Gasteiger partial charge is 0.169 e. The Balaban J connectivity index is 2.53. The zero-order chi connectivity index (χ0) is 9.84. The minimum Gasteiger partial charge on any atom is -0.363 e. The standard InChI is InChI=1S/C10H18N2S/c1-4-11-10(13)12-6-5-8(2)9(3)7-12/h4-7H2,1-3H3,(H,11,13). The first-order chi connectivity index (χ1) is 6.15. The molecule has 74 valence electrons. The fraction of sp³-hybridized carbons (Fsp3) is 0.700. The summed E-state index contributed by atoms with van der Waals surface area (Å²) in [5.41, 5.74) is 2.99. The molecule has 1 heterocycles. The van der Waals surface area contributed by atoms with Gasteiger partial charge in [-0.05, 0) is 39.4 Å². The molecular formula is C10H18N2S. The van der Waals surface area contributed by atoms with Crippen molar-refractivity contribution in [1.29, 1.82) is 0 Å². The fourth-order valence-electron chi connectivity index (χ4n) is 1.45. The van der Waals surface area contributed by atoms with Gasteiger partial charge in [-0.15, -0.1) is 0 Å². The largest absolute Gasteiger partial charge is 0.363 e. The van der Waals surface area contributed by atoms with Crippen LogP contribution < -0.4 is 5.32 Å². The van der Waals surface area contributed by atoms with E-state index in [1.165, 1.54) is 11.1 Å². The Morgan fingerprint density at radius 2 is 2.15 bits per heavy atom. The zero-order valence-electron chi connectivity index (χ0n) is 8.68. The molecule has 0 fully saturated rings. The van der Waals surface area contributed by atoms with Crippen molar-refractivity contribution < 1.29 is 0 Å². The van der Waals surface area contributed by atoms with Gasteiger partial charge in [0.25, 0.3) is 0 Å². The summed E-state index contributed by atoms with van der Waals surface area (Å²) in [6, 6.07) is 0. The van der Waals surface area contributed by atoms with E-state index in [2.05, 4.69) is 31.0 Å². The van der Waals surface area contributed by atoms with Crippen LogP contribution in [0.2, 0.25) is 0 Å². The van der Waals surface area contributed by atoms with Crippen LogP contribution in [0.1, 0.15) is 27.2 Å². The van der Waals surface area contributed by atoms with Crippen LogP contribution in [-0.4, -0.2) is 29.6 Å². The maximum atomic E-state index is 5.26. The lowest BCUT2D eigenvalue weighted by Gasteiger charge is -2.30. The van der Waals surface area contributed by atoms with Gasteiger partial charge in [-0.1, -0.05) is 11.1 Å². The van der Waals surface area contributed by atoms with Gasteiger partial charge in [0.15, 0.2) is 5.11 Å². The van der Waals surface area contributed by atoms with Crippen molar-refractivity contribution in [2.75, 3.05) is 19.6 Å². The third-order valence-corrected chi connectivity index (χ3v) is 2.93. The van der Waals surface area contributed by atoms with Crippen molar-refractivity contribution in [3.05, 3.63) is 11.1 Å². The van der Waals surface area contributed by atoms with Gasteiger partial charge >= 0.3 is 0 Å². The second-order valence-corrected chi connectivity index (χ2v) is 3.95. The number of nitrogens with one attached hydrogen (secondary N) is 1. The third-order valence-electron chi connectivity index (χ3n) is 2.53. The van der Waals surface area contributed by atoms with E-state index in [1.807, 2.05) is 0 Å². The van der Waals surface area contributed by atoms with Gasteiger partial charge in [0.2, 0.25) is 0 Å². The molecule has 1 rings (SSSR count). The van der Waals surface area contributed by atoms with E-state index in [0.717, 1.165) is 31.2 Å². The first-order valence-corrected chi connectivity index (χ1v) is 5.24. The van der Waals surface area contributed by atoms with Crippen LogP contribution >= 0.6 is 12.2 Å². The summed E-state index contributed by atoms with van der Waals surface area (Å²) in [6.07, 6.45) is 1.15. The first-order valence-electron chi connectivity index (χ1n) is 4.83. The number of hydrogen-bond acceptors (Lipinski definition) is 1. The van der Waals surface area contributed by atoms with E-state index in [1.54, 1.807) is 0 Å². The average molecular weight is 198 g/mol. The topological polar surface area (TPSA) is 15.3 Å². The number of nitrogens with zero attached hydrogens (tertiary/aromatic N) is 1. The highest BCUT2D eigenvalue weighted by molar-refractivity contribution is 7.80. The van der Waals surface area contributed by atoms with E-state index < -0.39 is 0 Å². The van der Waals surface area contributed by atoms with Gasteiger partial charge < -0.3 is 10.2 Å². The summed E-state index contributed by atoms with van der Waals surface area (Å²) in [5, 5.41) is 4.08. The maximum Gasteiger partial charge on any atom is 0.169 e. The van der Waals surface area contributed by atoms with Crippen molar-refractivity contribution in [3.8, 4) is 0 Å². The second-order valence-electron chi connectivity index (χ2n) is 3.57. The molecule has 0 aliphatic carbocycles. The lowest BCUT2D eigenvalue weighted by Crippen LogP contribution is -2.42. The minimum atomic E-state index is 0.898. The van der Waals surface area contributed by atoms with Crippen LogP contribution in [0.5, 0.6) is 0 Å². The van der Waals surface area contributed by atoms with Gasteiger partial charge in [-0.3, -0.25) is 0 Å². The summed E-state index contributed by atoms with van der Waals surface area (Å²) >= 11 is 5.26. The molecule has 0 bridgehead atoms. The van der Waals surface area contributed by atoms with Crippen LogP contribution in [-0.2, 0) is 0 Å². The van der Waals surface area contributed by atoms with Gasteiger partial charge in [-0.2, -0.15) is 0 Å². The molecule has 0 saturated carbocycles.